The molecule has 2 fully saturated rings. The Kier molecular flexibility index (Phi) is 1.85. The topological polar surface area (TPSA) is 60.8 Å². The number of nitrogens with zero attached hydrogens (tertiary/aromatic N) is 1. The molecule has 0 aromatic heterocycles. The first-order valence-corrected chi connectivity index (χ1v) is 4.69. The summed E-state index contributed by atoms with van der Waals surface area (Å²) in [5.41, 5.74) is -0.924. The molecule has 0 aromatic rings. The summed E-state index contributed by atoms with van der Waals surface area (Å²) in [7, 11) is 0. The Hall–Kier alpha value is -0.610. The van der Waals surface area contributed by atoms with Crippen LogP contribution in [-0.2, 0) is 4.79 Å². The number of carboxylic acid groups (broad SMARTS) is 1. The zero-order chi connectivity index (χ0) is 9.64. The summed E-state index contributed by atoms with van der Waals surface area (Å²) in [6.07, 6.45) is 0.186. The van der Waals surface area contributed by atoms with Gasteiger partial charge in [0.25, 0.3) is 0 Å². The van der Waals surface area contributed by atoms with Crippen molar-refractivity contribution in [3.8, 4) is 0 Å². The molecule has 2 heterocycles. The minimum Gasteiger partial charge on any atom is -0.481 e. The molecule has 4 heteroatoms. The van der Waals surface area contributed by atoms with Gasteiger partial charge in [-0.3, -0.25) is 4.79 Å². The SMILES string of the molecule is CC1(C(=O)O)C(O)CN2CCC1C2. The van der Waals surface area contributed by atoms with Gasteiger partial charge in [0, 0.05) is 13.1 Å². The van der Waals surface area contributed by atoms with Gasteiger partial charge in [-0.25, -0.2) is 0 Å². The van der Waals surface area contributed by atoms with Crippen molar-refractivity contribution >= 4 is 5.97 Å². The van der Waals surface area contributed by atoms with E-state index in [1.807, 2.05) is 0 Å². The minimum absolute atomic E-state index is 0.119. The lowest BCUT2D eigenvalue weighted by Crippen LogP contribution is -2.54. The standard InChI is InChI=1S/C9H15NO3/c1-9(8(12)13)6-2-3-10(4-6)5-7(9)11/h6-7,11H,2-5H2,1H3,(H,12,13). The van der Waals surface area contributed by atoms with Gasteiger partial charge in [0.05, 0.1) is 11.5 Å². The Morgan fingerprint density at radius 3 is 2.85 bits per heavy atom. The van der Waals surface area contributed by atoms with Gasteiger partial charge in [-0.15, -0.1) is 0 Å². The largest absolute Gasteiger partial charge is 0.481 e. The normalized spacial score (nSPS) is 49.2. The lowest BCUT2D eigenvalue weighted by atomic mass is 9.71. The number of carbonyl (C=O) groups is 1. The number of hydrogen-bond acceptors (Lipinski definition) is 3. The lowest BCUT2D eigenvalue weighted by molar-refractivity contribution is -0.164. The maximum absolute atomic E-state index is 11.1. The van der Waals surface area contributed by atoms with Crippen molar-refractivity contribution in [2.45, 2.75) is 19.4 Å². The molecule has 0 aliphatic carbocycles. The molecular formula is C9H15NO3. The first-order valence-electron chi connectivity index (χ1n) is 4.69. The fourth-order valence-electron chi connectivity index (χ4n) is 2.51. The summed E-state index contributed by atoms with van der Waals surface area (Å²) >= 11 is 0. The smallest absolute Gasteiger partial charge is 0.312 e. The Morgan fingerprint density at radius 1 is 1.54 bits per heavy atom. The molecule has 4 unspecified atom stereocenters. The second kappa shape index (κ2) is 2.69. The van der Waals surface area contributed by atoms with Crippen LogP contribution in [0.5, 0.6) is 0 Å². The van der Waals surface area contributed by atoms with Crippen molar-refractivity contribution in [1.29, 1.82) is 0 Å². The fourth-order valence-corrected chi connectivity index (χ4v) is 2.51. The molecule has 0 amide bonds. The Balaban J connectivity index is 2.29. The van der Waals surface area contributed by atoms with Crippen LogP contribution in [0.15, 0.2) is 0 Å². The van der Waals surface area contributed by atoms with Crippen LogP contribution >= 0.6 is 0 Å². The van der Waals surface area contributed by atoms with E-state index in [-0.39, 0.29) is 5.92 Å². The van der Waals surface area contributed by atoms with Crippen LogP contribution in [0.3, 0.4) is 0 Å². The number of carboxylic acids is 1. The number of rotatable bonds is 1. The summed E-state index contributed by atoms with van der Waals surface area (Å²) < 4.78 is 0. The third kappa shape index (κ3) is 1.09. The number of piperidine rings is 1. The van der Waals surface area contributed by atoms with E-state index in [0.29, 0.717) is 6.54 Å². The van der Waals surface area contributed by atoms with Crippen LogP contribution in [0.25, 0.3) is 0 Å². The molecule has 0 aromatic carbocycles. The van der Waals surface area contributed by atoms with E-state index in [0.717, 1.165) is 19.5 Å². The third-order valence-electron chi connectivity index (χ3n) is 3.70. The van der Waals surface area contributed by atoms with E-state index >= 15 is 0 Å². The maximum Gasteiger partial charge on any atom is 0.312 e. The van der Waals surface area contributed by atoms with Crippen molar-refractivity contribution in [1.82, 2.24) is 4.90 Å². The second-order valence-corrected chi connectivity index (χ2v) is 4.35. The average Bonchev–Trinajstić information content (AvgIpc) is 2.46. The molecule has 0 spiro atoms. The minimum atomic E-state index is -0.924. The molecule has 2 rings (SSSR count). The molecule has 13 heavy (non-hydrogen) atoms. The van der Waals surface area contributed by atoms with E-state index in [4.69, 9.17) is 5.11 Å². The van der Waals surface area contributed by atoms with Crippen LogP contribution in [0.2, 0.25) is 0 Å². The van der Waals surface area contributed by atoms with Crippen LogP contribution in [0.1, 0.15) is 13.3 Å². The molecule has 2 aliphatic rings. The summed E-state index contributed by atoms with van der Waals surface area (Å²) in [6, 6.07) is 0. The van der Waals surface area contributed by atoms with E-state index < -0.39 is 17.5 Å². The van der Waals surface area contributed by atoms with Gasteiger partial charge in [-0.05, 0) is 25.8 Å². The number of hydrogen-bond donors (Lipinski definition) is 2. The predicted molar refractivity (Wildman–Crippen MR) is 46.3 cm³/mol. The van der Waals surface area contributed by atoms with Crippen LogP contribution in [0.4, 0.5) is 0 Å². The zero-order valence-electron chi connectivity index (χ0n) is 7.73. The summed E-state index contributed by atoms with van der Waals surface area (Å²) in [5, 5.41) is 18.9. The molecular weight excluding hydrogens is 170 g/mol. The van der Waals surface area contributed by atoms with Crippen LogP contribution in [0, 0.1) is 11.3 Å². The highest BCUT2D eigenvalue weighted by Gasteiger charge is 2.53. The Morgan fingerprint density at radius 2 is 2.23 bits per heavy atom. The molecule has 2 saturated heterocycles. The quantitative estimate of drug-likeness (QED) is 0.592. The van der Waals surface area contributed by atoms with Gasteiger partial charge in [0.2, 0.25) is 0 Å². The first kappa shape index (κ1) is 8.97. The highest BCUT2D eigenvalue weighted by atomic mass is 16.4. The van der Waals surface area contributed by atoms with Gasteiger partial charge in [-0.2, -0.15) is 0 Å². The molecule has 4 atom stereocenters. The predicted octanol–water partition coefficient (Wildman–Crippen LogP) is -0.226. The van der Waals surface area contributed by atoms with Crippen molar-refractivity contribution in [2.24, 2.45) is 11.3 Å². The Labute approximate surface area is 77.2 Å². The van der Waals surface area contributed by atoms with Gasteiger partial charge < -0.3 is 15.1 Å². The molecule has 2 N–H and O–H groups in total. The van der Waals surface area contributed by atoms with Crippen LogP contribution in [-0.4, -0.2) is 46.8 Å². The van der Waals surface area contributed by atoms with Gasteiger partial charge in [0.1, 0.15) is 0 Å². The monoisotopic (exact) mass is 185 g/mol. The van der Waals surface area contributed by atoms with E-state index in [1.54, 1.807) is 6.92 Å². The maximum atomic E-state index is 11.1. The highest BCUT2D eigenvalue weighted by Crippen LogP contribution is 2.42. The molecule has 4 nitrogen and oxygen atoms in total. The number of aliphatic hydroxyl groups is 1. The summed E-state index contributed by atoms with van der Waals surface area (Å²) in [4.78, 5) is 13.2. The Bertz CT molecular complexity index is 243. The highest BCUT2D eigenvalue weighted by molar-refractivity contribution is 5.75. The van der Waals surface area contributed by atoms with E-state index in [9.17, 15) is 9.90 Å². The van der Waals surface area contributed by atoms with Crippen molar-refractivity contribution < 1.29 is 15.0 Å². The fraction of sp³-hybridized carbons (Fsp3) is 0.889. The van der Waals surface area contributed by atoms with E-state index in [2.05, 4.69) is 4.90 Å². The molecule has 2 bridgehead atoms. The lowest BCUT2D eigenvalue weighted by Gasteiger charge is -2.40. The zero-order valence-corrected chi connectivity index (χ0v) is 7.73. The number of aliphatic carboxylic acids is 1. The van der Waals surface area contributed by atoms with Gasteiger partial charge >= 0.3 is 5.97 Å². The number of aliphatic hydroxyl groups excluding tert-OH is 1. The van der Waals surface area contributed by atoms with Crippen molar-refractivity contribution in [3.05, 3.63) is 0 Å². The van der Waals surface area contributed by atoms with Crippen LogP contribution < -0.4 is 0 Å². The van der Waals surface area contributed by atoms with Gasteiger partial charge in [-0.1, -0.05) is 0 Å². The summed E-state index contributed by atoms with van der Waals surface area (Å²) in [5.74, 6) is -0.736. The second-order valence-electron chi connectivity index (χ2n) is 4.35. The average molecular weight is 185 g/mol. The van der Waals surface area contributed by atoms with Crippen molar-refractivity contribution in [2.75, 3.05) is 19.6 Å². The third-order valence-corrected chi connectivity index (χ3v) is 3.70. The van der Waals surface area contributed by atoms with Gasteiger partial charge in [0.15, 0.2) is 0 Å². The molecule has 74 valence electrons. The molecule has 2 aliphatic heterocycles. The first-order chi connectivity index (χ1) is 6.05. The molecule has 0 saturated carbocycles. The summed E-state index contributed by atoms with van der Waals surface area (Å²) in [6.45, 7) is 3.96. The van der Waals surface area contributed by atoms with Crippen molar-refractivity contribution in [3.63, 3.8) is 0 Å². The molecule has 0 radical (unpaired) electrons. The van der Waals surface area contributed by atoms with E-state index in [1.165, 1.54) is 0 Å². The number of fused-ring (bicyclic) bond motifs is 2.